The van der Waals surface area contributed by atoms with Crippen molar-refractivity contribution in [1.82, 2.24) is 0 Å². The number of hydrogen-bond donors (Lipinski definition) is 0. The zero-order valence-electron chi connectivity index (χ0n) is 5.84. The van der Waals surface area contributed by atoms with Crippen LogP contribution in [0.4, 0.5) is 0 Å². The fourth-order valence-electron chi connectivity index (χ4n) is 0.262. The second-order valence-corrected chi connectivity index (χ2v) is 1.33. The van der Waals surface area contributed by atoms with Gasteiger partial charge in [-0.1, -0.05) is 0 Å². The van der Waals surface area contributed by atoms with E-state index in [1.807, 2.05) is 0 Å². The van der Waals surface area contributed by atoms with Crippen molar-refractivity contribution in [3.8, 4) is 0 Å². The van der Waals surface area contributed by atoms with Crippen LogP contribution in [0, 0.1) is 0 Å². The normalized spacial score (nSPS) is 6.73. The van der Waals surface area contributed by atoms with E-state index in [-0.39, 0.29) is 30.8 Å². The molecule has 0 saturated carbocycles. The SMILES string of the molecule is COC(=O)CC(=O)OC.O.[LiH]. The third-order valence-electron chi connectivity index (χ3n) is 0.744. The fraction of sp³-hybridized carbons (Fsp3) is 0.600. The first-order chi connectivity index (χ1) is 4.20. The number of hydrogen-bond acceptors (Lipinski definition) is 4. The van der Waals surface area contributed by atoms with E-state index in [1.54, 1.807) is 0 Å². The molecule has 0 heterocycles. The van der Waals surface area contributed by atoms with Gasteiger partial charge in [0.1, 0.15) is 6.42 Å². The predicted molar refractivity (Wildman–Crippen MR) is 39.4 cm³/mol. The molecule has 5 nitrogen and oxygen atoms in total. The number of methoxy groups -OCH3 is 2. The zero-order chi connectivity index (χ0) is 7.28. The Bertz CT molecular complexity index is 110. The summed E-state index contributed by atoms with van der Waals surface area (Å²) in [6.45, 7) is 0. The molecule has 2 N–H and O–H groups in total. The van der Waals surface area contributed by atoms with Crippen LogP contribution in [-0.2, 0) is 19.1 Å². The van der Waals surface area contributed by atoms with Crippen molar-refractivity contribution in [2.24, 2.45) is 0 Å². The van der Waals surface area contributed by atoms with E-state index in [1.165, 1.54) is 14.2 Å². The summed E-state index contributed by atoms with van der Waals surface area (Å²) < 4.78 is 8.37. The van der Waals surface area contributed by atoms with Crippen LogP contribution in [-0.4, -0.2) is 50.5 Å². The molecule has 0 saturated heterocycles. The number of carbonyl (C=O) groups is 2. The van der Waals surface area contributed by atoms with E-state index < -0.39 is 11.9 Å². The number of rotatable bonds is 2. The average molecular weight is 158 g/mol. The van der Waals surface area contributed by atoms with Gasteiger partial charge in [-0.3, -0.25) is 9.59 Å². The molecule has 0 aromatic carbocycles. The first-order valence-electron chi connectivity index (χ1n) is 2.34. The Morgan fingerprint density at radius 2 is 1.36 bits per heavy atom. The van der Waals surface area contributed by atoms with Gasteiger partial charge in [-0.2, -0.15) is 0 Å². The van der Waals surface area contributed by atoms with E-state index in [0.29, 0.717) is 0 Å². The Balaban J connectivity index is -0.000000320. The summed E-state index contributed by atoms with van der Waals surface area (Å²) in [6.07, 6.45) is -0.312. The van der Waals surface area contributed by atoms with Gasteiger partial charge in [-0.25, -0.2) is 0 Å². The molecule has 0 rings (SSSR count). The summed E-state index contributed by atoms with van der Waals surface area (Å²) in [7, 11) is 2.43. The van der Waals surface area contributed by atoms with Gasteiger partial charge >= 0.3 is 30.8 Å². The maximum absolute atomic E-state index is 10.3. The summed E-state index contributed by atoms with van der Waals surface area (Å²) in [5, 5.41) is 0. The van der Waals surface area contributed by atoms with E-state index in [9.17, 15) is 9.59 Å². The summed E-state index contributed by atoms with van der Waals surface area (Å²) in [5.74, 6) is -1.16. The molecule has 62 valence electrons. The van der Waals surface area contributed by atoms with E-state index >= 15 is 0 Å². The monoisotopic (exact) mass is 158 g/mol. The zero-order valence-corrected chi connectivity index (χ0v) is 5.84. The van der Waals surface area contributed by atoms with Crippen molar-refractivity contribution in [3.63, 3.8) is 0 Å². The van der Waals surface area contributed by atoms with Gasteiger partial charge in [0.05, 0.1) is 14.2 Å². The van der Waals surface area contributed by atoms with Gasteiger partial charge in [0.25, 0.3) is 0 Å². The average Bonchev–Trinajstić information content (AvgIpc) is 1.87. The molecule has 0 aromatic heterocycles. The van der Waals surface area contributed by atoms with Crippen molar-refractivity contribution < 1.29 is 24.5 Å². The van der Waals surface area contributed by atoms with Crippen LogP contribution in [0.25, 0.3) is 0 Å². The Morgan fingerprint density at radius 1 is 1.09 bits per heavy atom. The summed E-state index contributed by atoms with van der Waals surface area (Å²) in [6, 6.07) is 0. The predicted octanol–water partition coefficient (Wildman–Crippen LogP) is -1.75. The van der Waals surface area contributed by atoms with Crippen molar-refractivity contribution in [2.45, 2.75) is 6.42 Å². The number of esters is 2. The van der Waals surface area contributed by atoms with Crippen LogP contribution in [0.2, 0.25) is 0 Å². The molecule has 0 unspecified atom stereocenters. The van der Waals surface area contributed by atoms with E-state index in [4.69, 9.17) is 0 Å². The van der Waals surface area contributed by atoms with Gasteiger partial charge in [0.2, 0.25) is 0 Å². The Kier molecular flexibility index (Phi) is 14.5. The quantitative estimate of drug-likeness (QED) is 0.271. The minimum absolute atomic E-state index is 0. The molecular formula is C5H11LiO5. The molecule has 0 bridgehead atoms. The molecule has 0 aliphatic heterocycles. The molecule has 0 aliphatic carbocycles. The van der Waals surface area contributed by atoms with Gasteiger partial charge in [0.15, 0.2) is 0 Å². The van der Waals surface area contributed by atoms with Crippen LogP contribution in [0.5, 0.6) is 0 Å². The van der Waals surface area contributed by atoms with Crippen LogP contribution >= 0.6 is 0 Å². The van der Waals surface area contributed by atoms with Gasteiger partial charge in [-0.05, 0) is 0 Å². The van der Waals surface area contributed by atoms with E-state index in [0.717, 1.165) is 0 Å². The molecular weight excluding hydrogens is 147 g/mol. The van der Waals surface area contributed by atoms with Crippen LogP contribution in [0.15, 0.2) is 0 Å². The van der Waals surface area contributed by atoms with Gasteiger partial charge in [0, 0.05) is 0 Å². The molecule has 0 radical (unpaired) electrons. The van der Waals surface area contributed by atoms with Crippen LogP contribution in [0.3, 0.4) is 0 Å². The molecule has 0 amide bonds. The van der Waals surface area contributed by atoms with Crippen LogP contribution in [0.1, 0.15) is 6.42 Å². The van der Waals surface area contributed by atoms with Crippen molar-refractivity contribution in [2.75, 3.05) is 14.2 Å². The minimum atomic E-state index is -0.582. The Hall–Kier alpha value is -0.503. The first kappa shape index (κ1) is 16.8. The first-order valence-corrected chi connectivity index (χ1v) is 2.34. The molecule has 0 atom stereocenters. The second kappa shape index (κ2) is 9.50. The van der Waals surface area contributed by atoms with Gasteiger partial charge in [-0.15, -0.1) is 0 Å². The standard InChI is InChI=1S/C5H8O4.Li.H2O.H/c1-8-4(6)3-5(7)9-2;;;/h3H2,1-2H3;;1H2;. The molecule has 0 aromatic rings. The van der Waals surface area contributed by atoms with Crippen LogP contribution < -0.4 is 0 Å². The fourth-order valence-corrected chi connectivity index (χ4v) is 0.262. The van der Waals surface area contributed by atoms with Gasteiger partial charge < -0.3 is 14.9 Å². The third kappa shape index (κ3) is 9.50. The molecule has 11 heavy (non-hydrogen) atoms. The number of ether oxygens (including phenoxy) is 2. The summed E-state index contributed by atoms with van der Waals surface area (Å²) in [4.78, 5) is 20.5. The Morgan fingerprint density at radius 3 is 1.55 bits per heavy atom. The summed E-state index contributed by atoms with van der Waals surface area (Å²) in [5.41, 5.74) is 0. The van der Waals surface area contributed by atoms with Crippen molar-refractivity contribution in [3.05, 3.63) is 0 Å². The van der Waals surface area contributed by atoms with Crippen molar-refractivity contribution >= 4 is 30.8 Å². The Labute approximate surface area is 76.5 Å². The third-order valence-corrected chi connectivity index (χ3v) is 0.744. The summed E-state index contributed by atoms with van der Waals surface area (Å²) >= 11 is 0. The molecule has 6 heteroatoms. The topological polar surface area (TPSA) is 84.1 Å². The number of carbonyl (C=O) groups excluding carboxylic acids is 2. The maximum atomic E-state index is 10.3. The molecule has 0 aliphatic rings. The molecule has 0 fully saturated rings. The molecule has 0 spiro atoms. The van der Waals surface area contributed by atoms with Crippen molar-refractivity contribution in [1.29, 1.82) is 0 Å². The second-order valence-electron chi connectivity index (χ2n) is 1.33. The van der Waals surface area contributed by atoms with E-state index in [2.05, 4.69) is 9.47 Å².